The molecule has 0 N–H and O–H groups in total. The fraction of sp³-hybridized carbons (Fsp3) is 0.263. The van der Waals surface area contributed by atoms with Crippen LogP contribution in [0.15, 0.2) is 53.0 Å². The molecule has 2 aromatic carbocycles. The predicted octanol–water partition coefficient (Wildman–Crippen LogP) is 5.30. The van der Waals surface area contributed by atoms with E-state index in [0.29, 0.717) is 5.56 Å². The van der Waals surface area contributed by atoms with Gasteiger partial charge in [0.2, 0.25) is 0 Å². The lowest BCUT2D eigenvalue weighted by Gasteiger charge is -2.25. The van der Waals surface area contributed by atoms with Crippen LogP contribution in [0.3, 0.4) is 0 Å². The molecule has 2 unspecified atom stereocenters. The van der Waals surface area contributed by atoms with Gasteiger partial charge in [0.15, 0.2) is 5.92 Å². The van der Waals surface area contributed by atoms with Crippen LogP contribution in [0.25, 0.3) is 0 Å². The molecule has 2 rings (SSSR count). The Hall–Kier alpha value is -2.33. The highest BCUT2D eigenvalue weighted by Gasteiger charge is 2.40. The summed E-state index contributed by atoms with van der Waals surface area (Å²) < 4.78 is 46.1. The van der Waals surface area contributed by atoms with Crippen molar-refractivity contribution in [3.05, 3.63) is 69.7 Å². The molecule has 0 aliphatic rings. The summed E-state index contributed by atoms with van der Waals surface area (Å²) in [7, 11) is 0. The van der Waals surface area contributed by atoms with E-state index in [-0.39, 0.29) is 12.2 Å². The molecular formula is C19H15BrF3NO2. The number of esters is 1. The van der Waals surface area contributed by atoms with Crippen LogP contribution >= 0.6 is 15.9 Å². The normalized spacial score (nSPS) is 13.5. The Bertz CT molecular complexity index is 813. The predicted molar refractivity (Wildman–Crippen MR) is 93.2 cm³/mol. The lowest BCUT2D eigenvalue weighted by Crippen LogP contribution is -2.26. The van der Waals surface area contributed by atoms with E-state index < -0.39 is 29.5 Å². The number of rotatable bonds is 5. The first-order valence-electron chi connectivity index (χ1n) is 7.77. The van der Waals surface area contributed by atoms with E-state index in [2.05, 4.69) is 15.9 Å². The van der Waals surface area contributed by atoms with E-state index >= 15 is 0 Å². The lowest BCUT2D eigenvalue weighted by atomic mass is 9.79. The number of nitriles is 1. The molecule has 0 fully saturated rings. The molecule has 3 nitrogen and oxygen atoms in total. The van der Waals surface area contributed by atoms with Gasteiger partial charge in [0.05, 0.1) is 18.2 Å². The van der Waals surface area contributed by atoms with Crippen molar-refractivity contribution in [2.24, 2.45) is 5.92 Å². The number of nitrogens with zero attached hydrogens (tertiary/aromatic N) is 1. The summed E-state index contributed by atoms with van der Waals surface area (Å²) in [5, 5.41) is 9.52. The minimum Gasteiger partial charge on any atom is -0.465 e. The molecule has 0 aliphatic carbocycles. The van der Waals surface area contributed by atoms with Crippen molar-refractivity contribution in [3.63, 3.8) is 0 Å². The van der Waals surface area contributed by atoms with Gasteiger partial charge in [-0.15, -0.1) is 0 Å². The fourth-order valence-electron chi connectivity index (χ4n) is 2.74. The number of carbonyl (C=O) groups excluding carboxylic acids is 1. The van der Waals surface area contributed by atoms with Crippen LogP contribution in [0.1, 0.15) is 29.5 Å². The van der Waals surface area contributed by atoms with Crippen molar-refractivity contribution in [3.8, 4) is 6.07 Å². The van der Waals surface area contributed by atoms with Crippen molar-refractivity contribution >= 4 is 21.9 Å². The molecule has 0 bridgehead atoms. The molecule has 2 atom stereocenters. The number of alkyl halides is 3. The summed E-state index contributed by atoms with van der Waals surface area (Å²) in [5.41, 5.74) is -0.594. The molecule has 0 radical (unpaired) electrons. The van der Waals surface area contributed by atoms with E-state index in [0.717, 1.165) is 10.5 Å². The fourth-order valence-corrected chi connectivity index (χ4v) is 3.01. The minimum absolute atomic E-state index is 0.0327. The van der Waals surface area contributed by atoms with Crippen LogP contribution in [-0.2, 0) is 15.7 Å². The van der Waals surface area contributed by atoms with Gasteiger partial charge in [-0.2, -0.15) is 18.4 Å². The van der Waals surface area contributed by atoms with E-state index in [1.807, 2.05) is 6.07 Å². The summed E-state index contributed by atoms with van der Waals surface area (Å²) in [6.07, 6.45) is -4.61. The Morgan fingerprint density at radius 2 is 1.81 bits per heavy atom. The molecule has 0 aliphatic heterocycles. The van der Waals surface area contributed by atoms with E-state index in [4.69, 9.17) is 4.74 Å². The van der Waals surface area contributed by atoms with Crippen LogP contribution in [0.4, 0.5) is 13.2 Å². The van der Waals surface area contributed by atoms with E-state index in [9.17, 15) is 23.2 Å². The maximum atomic E-state index is 13.5. The van der Waals surface area contributed by atoms with Gasteiger partial charge in [0.25, 0.3) is 0 Å². The number of hydrogen-bond acceptors (Lipinski definition) is 3. The molecular weight excluding hydrogens is 411 g/mol. The van der Waals surface area contributed by atoms with Crippen molar-refractivity contribution in [2.75, 3.05) is 6.61 Å². The van der Waals surface area contributed by atoms with Gasteiger partial charge in [-0.25, -0.2) is 0 Å². The first-order chi connectivity index (χ1) is 12.3. The second-order valence-corrected chi connectivity index (χ2v) is 6.39. The Kier molecular flexibility index (Phi) is 6.43. The van der Waals surface area contributed by atoms with Gasteiger partial charge in [-0.3, -0.25) is 4.79 Å². The Morgan fingerprint density at radius 1 is 1.19 bits per heavy atom. The van der Waals surface area contributed by atoms with Gasteiger partial charge >= 0.3 is 12.1 Å². The molecule has 0 amide bonds. The number of carbonyl (C=O) groups is 1. The summed E-state index contributed by atoms with van der Waals surface area (Å²) in [6.45, 7) is 1.61. The van der Waals surface area contributed by atoms with Crippen LogP contribution < -0.4 is 0 Å². The highest BCUT2D eigenvalue weighted by molar-refractivity contribution is 9.10. The molecule has 2 aromatic rings. The molecule has 7 heteroatoms. The van der Waals surface area contributed by atoms with E-state index in [1.165, 1.54) is 18.2 Å². The zero-order valence-electron chi connectivity index (χ0n) is 13.8. The highest BCUT2D eigenvalue weighted by Crippen LogP contribution is 2.41. The molecule has 136 valence electrons. The lowest BCUT2D eigenvalue weighted by molar-refractivity contribution is -0.147. The van der Waals surface area contributed by atoms with Gasteiger partial charge in [-0.05, 0) is 36.2 Å². The molecule has 0 saturated carbocycles. The maximum absolute atomic E-state index is 13.5. The molecule has 0 aromatic heterocycles. The molecule has 0 heterocycles. The van der Waals surface area contributed by atoms with Crippen molar-refractivity contribution < 1.29 is 22.7 Å². The van der Waals surface area contributed by atoms with Crippen LogP contribution in [-0.4, -0.2) is 12.6 Å². The van der Waals surface area contributed by atoms with Crippen LogP contribution in [0.2, 0.25) is 0 Å². The van der Waals surface area contributed by atoms with Gasteiger partial charge in [0, 0.05) is 10.4 Å². The van der Waals surface area contributed by atoms with Crippen LogP contribution in [0.5, 0.6) is 0 Å². The SMILES string of the molecule is CCOC(=O)C(C#N)C(c1ccc(Br)cc1)c1ccccc1C(F)(F)F. The average molecular weight is 426 g/mol. The van der Waals surface area contributed by atoms with E-state index in [1.54, 1.807) is 31.2 Å². The Morgan fingerprint density at radius 3 is 2.35 bits per heavy atom. The molecule has 0 saturated heterocycles. The molecule has 26 heavy (non-hydrogen) atoms. The summed E-state index contributed by atoms with van der Waals surface area (Å²) in [4.78, 5) is 12.3. The summed E-state index contributed by atoms with van der Waals surface area (Å²) in [5.74, 6) is -3.36. The average Bonchev–Trinajstić information content (AvgIpc) is 2.60. The van der Waals surface area contributed by atoms with Crippen molar-refractivity contribution in [1.29, 1.82) is 5.26 Å². The third-order valence-corrected chi connectivity index (χ3v) is 4.37. The Labute approximate surface area is 157 Å². The minimum atomic E-state index is -4.61. The van der Waals surface area contributed by atoms with Crippen molar-refractivity contribution in [1.82, 2.24) is 0 Å². The number of hydrogen-bond donors (Lipinski definition) is 0. The standard InChI is InChI=1S/C19H15BrF3NO2/c1-2-26-18(25)15(11-24)17(12-7-9-13(20)10-8-12)14-5-3-4-6-16(14)19(21,22)23/h3-10,15,17H,2H2,1H3. The summed E-state index contributed by atoms with van der Waals surface area (Å²) in [6, 6.07) is 13.3. The molecule has 0 spiro atoms. The second-order valence-electron chi connectivity index (χ2n) is 5.47. The zero-order valence-corrected chi connectivity index (χ0v) is 15.3. The smallest absolute Gasteiger partial charge is 0.416 e. The third-order valence-electron chi connectivity index (χ3n) is 3.84. The highest BCUT2D eigenvalue weighted by atomic mass is 79.9. The van der Waals surface area contributed by atoms with Crippen LogP contribution in [0, 0.1) is 17.2 Å². The van der Waals surface area contributed by atoms with Gasteiger partial charge in [-0.1, -0.05) is 46.3 Å². The number of halogens is 4. The second kappa shape index (κ2) is 8.37. The van der Waals surface area contributed by atoms with Crippen molar-refractivity contribution in [2.45, 2.75) is 19.0 Å². The van der Waals surface area contributed by atoms with Gasteiger partial charge < -0.3 is 4.74 Å². The Balaban J connectivity index is 2.68. The largest absolute Gasteiger partial charge is 0.465 e. The monoisotopic (exact) mass is 425 g/mol. The summed E-state index contributed by atoms with van der Waals surface area (Å²) >= 11 is 3.27. The topological polar surface area (TPSA) is 50.1 Å². The zero-order chi connectivity index (χ0) is 19.3. The quantitative estimate of drug-likeness (QED) is 0.610. The number of ether oxygens (including phenoxy) is 1. The first-order valence-corrected chi connectivity index (χ1v) is 8.56. The first kappa shape index (κ1) is 20.0. The van der Waals surface area contributed by atoms with Gasteiger partial charge in [0.1, 0.15) is 0 Å². The third kappa shape index (κ3) is 4.44. The maximum Gasteiger partial charge on any atom is 0.416 e. The number of benzene rings is 2.